The topological polar surface area (TPSA) is 67.9 Å². The number of fused-ring (bicyclic) bond motifs is 1. The van der Waals surface area contributed by atoms with E-state index in [4.69, 9.17) is 9.47 Å². The number of nitrogens with zero attached hydrogens (tertiary/aromatic N) is 1. The average Bonchev–Trinajstić information content (AvgIpc) is 2.93. The molecule has 33 heavy (non-hydrogen) atoms. The highest BCUT2D eigenvalue weighted by Crippen LogP contribution is 2.29. The van der Waals surface area contributed by atoms with Gasteiger partial charge < -0.3 is 19.7 Å². The van der Waals surface area contributed by atoms with Crippen molar-refractivity contribution in [3.8, 4) is 11.5 Å². The van der Waals surface area contributed by atoms with E-state index >= 15 is 0 Å². The average molecular weight is 448 g/mol. The highest BCUT2D eigenvalue weighted by Gasteiger charge is 2.28. The van der Waals surface area contributed by atoms with Crippen molar-refractivity contribution in [1.29, 1.82) is 0 Å². The van der Waals surface area contributed by atoms with Crippen molar-refractivity contribution in [2.24, 2.45) is 0 Å². The summed E-state index contributed by atoms with van der Waals surface area (Å²) in [7, 11) is 1.63. The van der Waals surface area contributed by atoms with Crippen LogP contribution in [0.2, 0.25) is 0 Å². The number of nitrogens with one attached hydrogen (secondary N) is 1. The minimum absolute atomic E-state index is 0.105. The second kappa shape index (κ2) is 9.73. The molecule has 0 bridgehead atoms. The molecule has 3 aromatic carbocycles. The third-order valence-corrected chi connectivity index (χ3v) is 5.57. The molecule has 3 aromatic rings. The second-order valence-electron chi connectivity index (χ2n) is 7.87. The minimum atomic E-state index is -0.628. The van der Waals surface area contributed by atoms with Crippen LogP contribution < -0.4 is 14.8 Å². The quantitative estimate of drug-likeness (QED) is 0.606. The van der Waals surface area contributed by atoms with Crippen LogP contribution >= 0.6 is 0 Å². The van der Waals surface area contributed by atoms with Gasteiger partial charge in [0.15, 0.2) is 6.10 Å². The fourth-order valence-corrected chi connectivity index (χ4v) is 3.86. The number of hydrogen-bond acceptors (Lipinski definition) is 4. The van der Waals surface area contributed by atoms with Gasteiger partial charge in [0.05, 0.1) is 7.11 Å². The van der Waals surface area contributed by atoms with Gasteiger partial charge in [-0.05, 0) is 61.4 Å². The van der Waals surface area contributed by atoms with Gasteiger partial charge >= 0.3 is 0 Å². The third kappa shape index (κ3) is 5.14. The van der Waals surface area contributed by atoms with Crippen molar-refractivity contribution in [2.75, 3.05) is 19.0 Å². The van der Waals surface area contributed by atoms with Crippen LogP contribution in [-0.2, 0) is 17.8 Å². The van der Waals surface area contributed by atoms with Gasteiger partial charge in [-0.3, -0.25) is 9.59 Å². The second-order valence-corrected chi connectivity index (χ2v) is 7.87. The van der Waals surface area contributed by atoms with Crippen LogP contribution in [0, 0.1) is 5.82 Å². The number of rotatable bonds is 6. The summed E-state index contributed by atoms with van der Waals surface area (Å²) < 4.78 is 24.8. The predicted molar refractivity (Wildman–Crippen MR) is 123 cm³/mol. The van der Waals surface area contributed by atoms with E-state index in [1.54, 1.807) is 43.2 Å². The van der Waals surface area contributed by atoms with Crippen LogP contribution in [0.25, 0.3) is 0 Å². The molecule has 1 N–H and O–H groups in total. The molecule has 0 unspecified atom stereocenters. The van der Waals surface area contributed by atoms with Gasteiger partial charge in [-0.15, -0.1) is 0 Å². The third-order valence-electron chi connectivity index (χ3n) is 5.57. The van der Waals surface area contributed by atoms with Gasteiger partial charge in [0.2, 0.25) is 0 Å². The molecule has 1 heterocycles. The van der Waals surface area contributed by atoms with Gasteiger partial charge in [0.1, 0.15) is 17.3 Å². The molecule has 6 nitrogen and oxygen atoms in total. The highest BCUT2D eigenvalue weighted by atomic mass is 19.1. The van der Waals surface area contributed by atoms with Gasteiger partial charge in [-0.2, -0.15) is 0 Å². The van der Waals surface area contributed by atoms with E-state index in [1.165, 1.54) is 18.2 Å². The maximum absolute atomic E-state index is 13.5. The van der Waals surface area contributed by atoms with Crippen LogP contribution in [0.3, 0.4) is 0 Å². The summed E-state index contributed by atoms with van der Waals surface area (Å²) in [4.78, 5) is 27.2. The van der Waals surface area contributed by atoms with Crippen molar-refractivity contribution in [3.63, 3.8) is 0 Å². The van der Waals surface area contributed by atoms with E-state index in [2.05, 4.69) is 5.32 Å². The number of benzene rings is 3. The molecule has 2 amide bonds. The van der Waals surface area contributed by atoms with Crippen LogP contribution in [0.15, 0.2) is 66.7 Å². The number of para-hydroxylation sites is 1. The van der Waals surface area contributed by atoms with Crippen LogP contribution in [0.5, 0.6) is 11.5 Å². The summed E-state index contributed by atoms with van der Waals surface area (Å²) in [6.45, 7) is 2.57. The molecule has 1 aliphatic heterocycles. The van der Waals surface area contributed by atoms with E-state index < -0.39 is 17.8 Å². The molecule has 0 fully saturated rings. The SMILES string of the molecule is COc1ccccc1CCN1Cc2cc(NC(=O)c3cccc(F)c3)ccc2O[C@@H](C)C1=O. The maximum atomic E-state index is 13.5. The smallest absolute Gasteiger partial charge is 0.263 e. The molecule has 0 radical (unpaired) electrons. The Bertz CT molecular complexity index is 1180. The molecule has 0 aliphatic carbocycles. The first-order chi connectivity index (χ1) is 15.9. The highest BCUT2D eigenvalue weighted by molar-refractivity contribution is 6.04. The molecule has 0 spiro atoms. The summed E-state index contributed by atoms with van der Waals surface area (Å²) in [5, 5.41) is 2.79. The summed E-state index contributed by atoms with van der Waals surface area (Å²) in [5.41, 5.74) is 2.56. The van der Waals surface area contributed by atoms with Gasteiger partial charge in [-0.1, -0.05) is 24.3 Å². The summed E-state index contributed by atoms with van der Waals surface area (Å²) in [6, 6.07) is 18.5. The lowest BCUT2D eigenvalue weighted by Gasteiger charge is -2.22. The van der Waals surface area contributed by atoms with Crippen molar-refractivity contribution >= 4 is 17.5 Å². The molecule has 1 aliphatic rings. The van der Waals surface area contributed by atoms with Crippen LogP contribution in [-0.4, -0.2) is 36.5 Å². The minimum Gasteiger partial charge on any atom is -0.496 e. The molecule has 0 aromatic heterocycles. The van der Waals surface area contributed by atoms with Gasteiger partial charge in [0.25, 0.3) is 11.8 Å². The first kappa shape index (κ1) is 22.3. The standard InChI is InChI=1S/C26H25FN2O4/c1-17-26(31)29(13-12-18-6-3-4-9-23(18)32-2)16-20-15-22(10-11-24(20)33-17)28-25(30)19-7-5-8-21(27)14-19/h3-11,14-15,17H,12-13,16H2,1-2H3,(H,28,30)/t17-/m0/s1. The summed E-state index contributed by atoms with van der Waals surface area (Å²) >= 11 is 0. The number of anilines is 1. The van der Waals surface area contributed by atoms with E-state index in [0.717, 1.165) is 16.9 Å². The van der Waals surface area contributed by atoms with Gasteiger partial charge in [0, 0.05) is 29.9 Å². The van der Waals surface area contributed by atoms with Crippen molar-refractivity contribution in [3.05, 3.63) is 89.2 Å². The fourth-order valence-electron chi connectivity index (χ4n) is 3.86. The summed E-state index contributed by atoms with van der Waals surface area (Å²) in [5.74, 6) is 0.385. The predicted octanol–water partition coefficient (Wildman–Crippen LogP) is 4.44. The molecule has 7 heteroatoms. The lowest BCUT2D eigenvalue weighted by Crippen LogP contribution is -2.39. The van der Waals surface area contributed by atoms with Crippen LogP contribution in [0.1, 0.15) is 28.4 Å². The number of methoxy groups -OCH3 is 1. The largest absolute Gasteiger partial charge is 0.496 e. The number of ether oxygens (including phenoxy) is 2. The molecule has 0 saturated heterocycles. The number of carbonyl (C=O) groups excluding carboxylic acids is 2. The Balaban J connectivity index is 1.52. The monoisotopic (exact) mass is 448 g/mol. The van der Waals surface area contributed by atoms with Crippen molar-refractivity contribution in [1.82, 2.24) is 4.90 Å². The zero-order chi connectivity index (χ0) is 23.4. The molecular formula is C26H25FN2O4. The Hall–Kier alpha value is -3.87. The molecule has 1 atom stereocenters. The van der Waals surface area contributed by atoms with E-state index in [0.29, 0.717) is 30.9 Å². The fraction of sp³-hybridized carbons (Fsp3) is 0.231. The Morgan fingerprint density at radius 1 is 1.15 bits per heavy atom. The van der Waals surface area contributed by atoms with Crippen LogP contribution in [0.4, 0.5) is 10.1 Å². The first-order valence-electron chi connectivity index (χ1n) is 10.7. The lowest BCUT2D eigenvalue weighted by atomic mass is 10.1. The van der Waals surface area contributed by atoms with Crippen molar-refractivity contribution < 1.29 is 23.5 Å². The van der Waals surface area contributed by atoms with Crippen molar-refractivity contribution in [2.45, 2.75) is 26.0 Å². The number of carbonyl (C=O) groups is 2. The maximum Gasteiger partial charge on any atom is 0.263 e. The number of amides is 2. The number of hydrogen-bond donors (Lipinski definition) is 1. The zero-order valence-electron chi connectivity index (χ0n) is 18.5. The van der Waals surface area contributed by atoms with E-state index in [9.17, 15) is 14.0 Å². The Morgan fingerprint density at radius 2 is 1.97 bits per heavy atom. The normalized spacial score (nSPS) is 15.3. The van der Waals surface area contributed by atoms with Gasteiger partial charge in [-0.25, -0.2) is 4.39 Å². The molecule has 0 saturated carbocycles. The Labute approximate surface area is 191 Å². The molecular weight excluding hydrogens is 423 g/mol. The molecule has 170 valence electrons. The Kier molecular flexibility index (Phi) is 6.58. The Morgan fingerprint density at radius 3 is 2.76 bits per heavy atom. The lowest BCUT2D eigenvalue weighted by molar-refractivity contribution is -0.137. The molecule has 4 rings (SSSR count). The van der Waals surface area contributed by atoms with E-state index in [1.807, 2.05) is 24.3 Å². The first-order valence-corrected chi connectivity index (χ1v) is 10.7. The summed E-state index contributed by atoms with van der Waals surface area (Å²) in [6.07, 6.45) is 0.00464. The zero-order valence-corrected chi connectivity index (χ0v) is 18.5. The van der Waals surface area contributed by atoms with E-state index in [-0.39, 0.29) is 11.5 Å². The number of halogens is 1.